The number of nitro groups is 1. The molecule has 0 aromatic heterocycles. The lowest BCUT2D eigenvalue weighted by molar-refractivity contribution is -0.384. The number of nitro benzene ring substituents is 1. The Morgan fingerprint density at radius 1 is 1.00 bits per heavy atom. The molecular weight excluding hydrogens is 428 g/mol. The van der Waals surface area contributed by atoms with Crippen LogP contribution in [0.5, 0.6) is 0 Å². The van der Waals surface area contributed by atoms with Crippen LogP contribution in [0.3, 0.4) is 0 Å². The van der Waals surface area contributed by atoms with Crippen molar-refractivity contribution in [3.05, 3.63) is 112 Å². The molecule has 164 valence electrons. The highest BCUT2D eigenvalue weighted by Gasteiger charge is 2.23. The molecule has 3 aromatic rings. The Hall–Kier alpha value is -3.62. The highest BCUT2D eigenvalue weighted by atomic mass is 32.2. The largest absolute Gasteiger partial charge is 0.295 e. The van der Waals surface area contributed by atoms with E-state index in [1.807, 2.05) is 13.0 Å². The smallest absolute Gasteiger partial charge is 0.269 e. The maximum atomic E-state index is 12.9. The van der Waals surface area contributed by atoms with Gasteiger partial charge < -0.3 is 0 Å². The molecular formula is C24H22N2O5S. The van der Waals surface area contributed by atoms with Crippen LogP contribution in [-0.2, 0) is 14.8 Å². The molecule has 1 N–H and O–H groups in total. The van der Waals surface area contributed by atoms with Crippen LogP contribution in [0.2, 0.25) is 0 Å². The Labute approximate surface area is 186 Å². The summed E-state index contributed by atoms with van der Waals surface area (Å²) in [5, 5.41) is 10.7. The summed E-state index contributed by atoms with van der Waals surface area (Å²) in [7, 11) is -3.84. The Bertz CT molecular complexity index is 1220. The van der Waals surface area contributed by atoms with Crippen molar-refractivity contribution >= 4 is 27.6 Å². The first kappa shape index (κ1) is 23.1. The van der Waals surface area contributed by atoms with Crippen molar-refractivity contribution in [3.63, 3.8) is 0 Å². The molecule has 1 atom stereocenters. The lowest BCUT2D eigenvalue weighted by atomic mass is 10.0. The number of aryl methyl sites for hydroxylation is 1. The minimum absolute atomic E-state index is 0.0388. The van der Waals surface area contributed by atoms with Crippen LogP contribution < -0.4 is 4.72 Å². The van der Waals surface area contributed by atoms with E-state index in [4.69, 9.17) is 0 Å². The summed E-state index contributed by atoms with van der Waals surface area (Å²) in [4.78, 5) is 23.0. The molecule has 0 aliphatic carbocycles. The quantitative estimate of drug-likeness (QED) is 0.291. The number of carbonyl (C=O) groups is 1. The lowest BCUT2D eigenvalue weighted by Crippen LogP contribution is -2.30. The molecule has 0 aliphatic heterocycles. The van der Waals surface area contributed by atoms with Crippen molar-refractivity contribution in [2.45, 2.75) is 24.3 Å². The molecule has 3 aromatic carbocycles. The van der Waals surface area contributed by atoms with Crippen LogP contribution in [-0.4, -0.2) is 19.1 Å². The van der Waals surface area contributed by atoms with Gasteiger partial charge in [0.05, 0.1) is 15.9 Å². The van der Waals surface area contributed by atoms with Crippen molar-refractivity contribution in [1.82, 2.24) is 4.72 Å². The third-order valence-electron chi connectivity index (χ3n) is 4.80. The number of rotatable bonds is 9. The fourth-order valence-corrected chi connectivity index (χ4v) is 4.28. The second-order valence-corrected chi connectivity index (χ2v) is 8.96. The van der Waals surface area contributed by atoms with Crippen LogP contribution in [0, 0.1) is 17.0 Å². The van der Waals surface area contributed by atoms with E-state index >= 15 is 0 Å². The number of allylic oxidation sites excluding steroid dienone is 1. The van der Waals surface area contributed by atoms with Gasteiger partial charge in [0.2, 0.25) is 10.0 Å². The number of nitrogens with zero attached hydrogens (tertiary/aromatic N) is 1. The third kappa shape index (κ3) is 6.19. The van der Waals surface area contributed by atoms with Gasteiger partial charge in [-0.2, -0.15) is 0 Å². The molecule has 0 fully saturated rings. The van der Waals surface area contributed by atoms with Crippen molar-refractivity contribution < 1.29 is 18.1 Å². The maximum Gasteiger partial charge on any atom is 0.269 e. The Kier molecular flexibility index (Phi) is 7.29. The Morgan fingerprint density at radius 3 is 2.22 bits per heavy atom. The molecule has 0 bridgehead atoms. The lowest BCUT2D eigenvalue weighted by Gasteiger charge is -2.18. The molecule has 0 radical (unpaired) electrons. The summed E-state index contributed by atoms with van der Waals surface area (Å²) in [5.74, 6) is -0.288. The molecule has 32 heavy (non-hydrogen) atoms. The number of carbonyl (C=O) groups excluding carboxylic acids is 1. The van der Waals surface area contributed by atoms with E-state index < -0.39 is 21.0 Å². The zero-order valence-corrected chi connectivity index (χ0v) is 18.2. The zero-order chi connectivity index (χ0) is 23.1. The zero-order valence-electron chi connectivity index (χ0n) is 17.3. The molecule has 0 aliphatic rings. The molecule has 0 heterocycles. The fourth-order valence-electron chi connectivity index (χ4n) is 3.05. The summed E-state index contributed by atoms with van der Waals surface area (Å²) in [6.45, 7) is 1.87. The minimum atomic E-state index is -3.84. The van der Waals surface area contributed by atoms with Gasteiger partial charge in [0.25, 0.3) is 5.69 Å². The molecule has 0 saturated heterocycles. The SMILES string of the molecule is Cc1ccc(S(=O)(=O)NC(CC(=O)/C=C/c2ccc([N+](=O)[O-])cc2)c2ccccc2)cc1. The van der Waals surface area contributed by atoms with Crippen LogP contribution in [0.4, 0.5) is 5.69 Å². The first-order chi connectivity index (χ1) is 15.2. The Morgan fingerprint density at radius 2 is 1.62 bits per heavy atom. The number of hydrogen-bond donors (Lipinski definition) is 1. The fraction of sp³-hybridized carbons (Fsp3) is 0.125. The first-order valence-electron chi connectivity index (χ1n) is 9.84. The summed E-state index contributed by atoms with van der Waals surface area (Å²) >= 11 is 0. The van der Waals surface area contributed by atoms with E-state index in [-0.39, 0.29) is 22.8 Å². The highest BCUT2D eigenvalue weighted by molar-refractivity contribution is 7.89. The van der Waals surface area contributed by atoms with E-state index in [1.165, 1.54) is 42.5 Å². The summed E-state index contributed by atoms with van der Waals surface area (Å²) in [6.07, 6.45) is 2.80. The van der Waals surface area contributed by atoms with E-state index in [9.17, 15) is 23.3 Å². The summed E-state index contributed by atoms with van der Waals surface area (Å²) in [5.41, 5.74) is 2.19. The van der Waals surface area contributed by atoms with E-state index in [0.717, 1.165) is 5.56 Å². The van der Waals surface area contributed by atoms with Gasteiger partial charge in [-0.05, 0) is 48.4 Å². The van der Waals surface area contributed by atoms with E-state index in [2.05, 4.69) is 4.72 Å². The molecule has 3 rings (SSSR count). The molecule has 7 nitrogen and oxygen atoms in total. The van der Waals surface area contributed by atoms with Crippen molar-refractivity contribution in [2.24, 2.45) is 0 Å². The highest BCUT2D eigenvalue weighted by Crippen LogP contribution is 2.22. The van der Waals surface area contributed by atoms with Crippen LogP contribution in [0.25, 0.3) is 6.08 Å². The molecule has 0 saturated carbocycles. The first-order valence-corrected chi connectivity index (χ1v) is 11.3. The number of non-ortho nitro benzene ring substituents is 1. The normalized spacial score (nSPS) is 12.5. The van der Waals surface area contributed by atoms with Gasteiger partial charge in [-0.1, -0.05) is 54.1 Å². The second-order valence-electron chi connectivity index (χ2n) is 7.25. The Balaban J connectivity index is 1.78. The van der Waals surface area contributed by atoms with Gasteiger partial charge >= 0.3 is 0 Å². The molecule has 0 amide bonds. The van der Waals surface area contributed by atoms with Crippen molar-refractivity contribution in [2.75, 3.05) is 0 Å². The van der Waals surface area contributed by atoms with E-state index in [0.29, 0.717) is 11.1 Å². The van der Waals surface area contributed by atoms with Crippen molar-refractivity contribution in [3.8, 4) is 0 Å². The second kappa shape index (κ2) is 10.1. The summed E-state index contributed by atoms with van der Waals surface area (Å²) < 4.78 is 28.4. The minimum Gasteiger partial charge on any atom is -0.295 e. The molecule has 0 spiro atoms. The number of nitrogens with one attached hydrogen (secondary N) is 1. The van der Waals surface area contributed by atoms with Gasteiger partial charge in [-0.25, -0.2) is 13.1 Å². The number of benzene rings is 3. The summed E-state index contributed by atoms with van der Waals surface area (Å²) in [6, 6.07) is 20.4. The van der Waals surface area contributed by atoms with Gasteiger partial charge in [0.15, 0.2) is 5.78 Å². The predicted molar refractivity (Wildman–Crippen MR) is 122 cm³/mol. The average molecular weight is 451 g/mol. The molecule has 1 unspecified atom stereocenters. The van der Waals surface area contributed by atoms with Gasteiger partial charge in [0.1, 0.15) is 0 Å². The van der Waals surface area contributed by atoms with Gasteiger partial charge in [0, 0.05) is 18.6 Å². The van der Waals surface area contributed by atoms with Gasteiger partial charge in [-0.3, -0.25) is 14.9 Å². The van der Waals surface area contributed by atoms with Crippen LogP contribution in [0.1, 0.15) is 29.2 Å². The maximum absolute atomic E-state index is 12.9. The number of sulfonamides is 1. The number of ketones is 1. The van der Waals surface area contributed by atoms with E-state index in [1.54, 1.807) is 42.5 Å². The predicted octanol–water partition coefficient (Wildman–Crippen LogP) is 4.60. The average Bonchev–Trinajstić information content (AvgIpc) is 2.78. The van der Waals surface area contributed by atoms with Crippen LogP contribution in [0.15, 0.2) is 89.8 Å². The third-order valence-corrected chi connectivity index (χ3v) is 6.29. The van der Waals surface area contributed by atoms with Crippen LogP contribution >= 0.6 is 0 Å². The molecule has 8 heteroatoms. The topological polar surface area (TPSA) is 106 Å². The monoisotopic (exact) mass is 450 g/mol. The number of hydrogen-bond acceptors (Lipinski definition) is 5. The van der Waals surface area contributed by atoms with Gasteiger partial charge in [-0.15, -0.1) is 0 Å². The van der Waals surface area contributed by atoms with Crippen molar-refractivity contribution in [1.29, 1.82) is 0 Å². The standard InChI is InChI=1S/C24H22N2O5S/c1-18-7-15-23(16-8-18)32(30,31)25-24(20-5-3-2-4-6-20)17-22(27)14-11-19-9-12-21(13-10-19)26(28)29/h2-16,24-25H,17H2,1H3/b14-11+.